The van der Waals surface area contributed by atoms with E-state index in [2.05, 4.69) is 87.6 Å². The molecule has 0 aromatic carbocycles. The second-order valence-electron chi connectivity index (χ2n) is 12.1. The molecule has 0 heterocycles. The highest BCUT2D eigenvalue weighted by Gasteiger charge is 2.19. The lowest BCUT2D eigenvalue weighted by atomic mass is 10.1. The van der Waals surface area contributed by atoms with Crippen LogP contribution in [0.1, 0.15) is 149 Å². The first kappa shape index (κ1) is 45.6. The highest BCUT2D eigenvalue weighted by atomic mass is 16.6. The molecule has 0 bridgehead atoms. The van der Waals surface area contributed by atoms with Gasteiger partial charge in [0.05, 0.1) is 6.42 Å². The van der Waals surface area contributed by atoms with Crippen molar-refractivity contribution in [2.45, 2.75) is 155 Å². The summed E-state index contributed by atoms with van der Waals surface area (Å²) in [5.41, 5.74) is 0. The summed E-state index contributed by atoms with van der Waals surface area (Å²) < 4.78 is 16.4. The molecule has 0 radical (unpaired) electrons. The Morgan fingerprint density at radius 3 is 1.63 bits per heavy atom. The molecule has 0 rings (SSSR count). The van der Waals surface area contributed by atoms with E-state index >= 15 is 0 Å². The highest BCUT2D eigenvalue weighted by Crippen LogP contribution is 2.10. The largest absolute Gasteiger partial charge is 0.462 e. The summed E-state index contributed by atoms with van der Waals surface area (Å²) in [5.74, 6) is -1.13. The van der Waals surface area contributed by atoms with Crippen molar-refractivity contribution in [1.29, 1.82) is 0 Å². The van der Waals surface area contributed by atoms with E-state index in [0.717, 1.165) is 77.0 Å². The van der Waals surface area contributed by atoms with Gasteiger partial charge in [-0.25, -0.2) is 0 Å². The minimum Gasteiger partial charge on any atom is -0.462 e. The van der Waals surface area contributed by atoms with E-state index in [4.69, 9.17) is 14.2 Å². The summed E-state index contributed by atoms with van der Waals surface area (Å²) in [5, 5.41) is 0. The summed E-state index contributed by atoms with van der Waals surface area (Å²) in [6.07, 6.45) is 46.1. The number of allylic oxidation sites excluding steroid dienone is 13. The van der Waals surface area contributed by atoms with Crippen LogP contribution in [0.4, 0.5) is 0 Å². The van der Waals surface area contributed by atoms with Gasteiger partial charge < -0.3 is 14.2 Å². The van der Waals surface area contributed by atoms with Gasteiger partial charge in [-0.05, 0) is 70.6 Å². The lowest BCUT2D eigenvalue weighted by Crippen LogP contribution is -2.30. The summed E-state index contributed by atoms with van der Waals surface area (Å²) in [4.78, 5) is 37.3. The SMILES string of the molecule is CC\C=C/C=C\C=C/CCCCCCCC(=O)OCC(COC(=O)CCC/C=C\CCCCCC)OC(=O)C/C=C\C/C=C\C/C=C\CC. The zero-order valence-corrected chi connectivity index (χ0v) is 31.2. The molecular weight excluding hydrogens is 612 g/mol. The molecule has 0 aliphatic carbocycles. The number of rotatable bonds is 32. The first-order chi connectivity index (χ1) is 24.0. The van der Waals surface area contributed by atoms with E-state index in [1.807, 2.05) is 12.2 Å². The van der Waals surface area contributed by atoms with Crippen molar-refractivity contribution < 1.29 is 28.6 Å². The lowest BCUT2D eigenvalue weighted by Gasteiger charge is -2.18. The van der Waals surface area contributed by atoms with Gasteiger partial charge in [-0.3, -0.25) is 14.4 Å². The monoisotopic (exact) mass is 681 g/mol. The maximum atomic E-state index is 12.5. The van der Waals surface area contributed by atoms with E-state index in [1.54, 1.807) is 6.08 Å². The van der Waals surface area contributed by atoms with Gasteiger partial charge in [0.1, 0.15) is 13.2 Å². The maximum Gasteiger partial charge on any atom is 0.310 e. The van der Waals surface area contributed by atoms with Crippen molar-refractivity contribution in [2.75, 3.05) is 13.2 Å². The fraction of sp³-hybridized carbons (Fsp3) is 0.605. The fourth-order valence-electron chi connectivity index (χ4n) is 4.62. The number of esters is 3. The molecule has 0 aromatic rings. The molecule has 6 heteroatoms. The molecule has 1 atom stereocenters. The first-order valence-corrected chi connectivity index (χ1v) is 19.1. The zero-order chi connectivity index (χ0) is 35.9. The number of hydrogen-bond donors (Lipinski definition) is 0. The molecule has 0 amide bonds. The topological polar surface area (TPSA) is 78.9 Å². The van der Waals surface area contributed by atoms with Crippen molar-refractivity contribution in [1.82, 2.24) is 0 Å². The Labute approximate surface area is 299 Å². The van der Waals surface area contributed by atoms with Gasteiger partial charge in [0, 0.05) is 12.8 Å². The van der Waals surface area contributed by atoms with Crippen LogP contribution in [0.25, 0.3) is 0 Å². The van der Waals surface area contributed by atoms with Crippen LogP contribution in [-0.4, -0.2) is 37.2 Å². The number of ether oxygens (including phenoxy) is 3. The first-order valence-electron chi connectivity index (χ1n) is 19.1. The van der Waals surface area contributed by atoms with Crippen molar-refractivity contribution in [3.05, 3.63) is 85.1 Å². The molecule has 6 nitrogen and oxygen atoms in total. The van der Waals surface area contributed by atoms with Gasteiger partial charge in [0.25, 0.3) is 0 Å². The van der Waals surface area contributed by atoms with Crippen LogP contribution >= 0.6 is 0 Å². The van der Waals surface area contributed by atoms with Crippen molar-refractivity contribution in [2.24, 2.45) is 0 Å². The third-order valence-electron chi connectivity index (χ3n) is 7.46. The van der Waals surface area contributed by atoms with Crippen LogP contribution in [-0.2, 0) is 28.6 Å². The molecular formula is C43H68O6. The zero-order valence-electron chi connectivity index (χ0n) is 31.2. The average molecular weight is 681 g/mol. The third-order valence-corrected chi connectivity index (χ3v) is 7.46. The Bertz CT molecular complexity index is 1010. The van der Waals surface area contributed by atoms with Crippen LogP contribution < -0.4 is 0 Å². The van der Waals surface area contributed by atoms with Gasteiger partial charge in [-0.2, -0.15) is 0 Å². The van der Waals surface area contributed by atoms with Gasteiger partial charge in [0.2, 0.25) is 0 Å². The van der Waals surface area contributed by atoms with E-state index in [-0.39, 0.29) is 38.0 Å². The smallest absolute Gasteiger partial charge is 0.310 e. The number of unbranched alkanes of at least 4 members (excludes halogenated alkanes) is 10. The van der Waals surface area contributed by atoms with E-state index in [1.165, 1.54) is 25.7 Å². The Morgan fingerprint density at radius 2 is 0.980 bits per heavy atom. The molecule has 0 saturated heterocycles. The van der Waals surface area contributed by atoms with E-state index < -0.39 is 12.1 Å². The van der Waals surface area contributed by atoms with Crippen LogP contribution in [0, 0.1) is 0 Å². The summed E-state index contributed by atoms with van der Waals surface area (Å²) in [6.45, 7) is 6.16. The van der Waals surface area contributed by atoms with Crippen molar-refractivity contribution >= 4 is 17.9 Å². The minimum absolute atomic E-state index is 0.0928. The Hall–Kier alpha value is -3.41. The van der Waals surface area contributed by atoms with Gasteiger partial charge in [0.15, 0.2) is 6.10 Å². The Balaban J connectivity index is 4.54. The molecule has 0 fully saturated rings. The molecule has 0 spiro atoms. The summed E-state index contributed by atoms with van der Waals surface area (Å²) in [6, 6.07) is 0. The minimum atomic E-state index is -0.840. The molecule has 0 N–H and O–H groups in total. The van der Waals surface area contributed by atoms with Gasteiger partial charge in [-0.1, -0.05) is 144 Å². The van der Waals surface area contributed by atoms with Gasteiger partial charge >= 0.3 is 17.9 Å². The molecule has 0 saturated carbocycles. The highest BCUT2D eigenvalue weighted by molar-refractivity contribution is 5.72. The second-order valence-corrected chi connectivity index (χ2v) is 12.1. The summed E-state index contributed by atoms with van der Waals surface area (Å²) >= 11 is 0. The molecule has 0 aliphatic heterocycles. The second kappa shape index (κ2) is 37.4. The molecule has 1 unspecified atom stereocenters. The van der Waals surface area contributed by atoms with Gasteiger partial charge in [-0.15, -0.1) is 0 Å². The quantitative estimate of drug-likeness (QED) is 0.0231. The number of carbonyl (C=O) groups is 3. The summed E-state index contributed by atoms with van der Waals surface area (Å²) in [7, 11) is 0. The van der Waals surface area contributed by atoms with Crippen molar-refractivity contribution in [3.8, 4) is 0 Å². The van der Waals surface area contributed by atoms with E-state index in [9.17, 15) is 14.4 Å². The fourth-order valence-corrected chi connectivity index (χ4v) is 4.62. The Morgan fingerprint density at radius 1 is 0.469 bits per heavy atom. The van der Waals surface area contributed by atoms with Crippen LogP contribution in [0.2, 0.25) is 0 Å². The molecule has 0 aliphatic rings. The normalized spacial score (nSPS) is 13.0. The molecule has 49 heavy (non-hydrogen) atoms. The maximum absolute atomic E-state index is 12.5. The lowest BCUT2D eigenvalue weighted by molar-refractivity contribution is -0.166. The third kappa shape index (κ3) is 35.7. The van der Waals surface area contributed by atoms with Crippen molar-refractivity contribution in [3.63, 3.8) is 0 Å². The van der Waals surface area contributed by atoms with Crippen LogP contribution in [0.3, 0.4) is 0 Å². The van der Waals surface area contributed by atoms with Crippen LogP contribution in [0.5, 0.6) is 0 Å². The predicted molar refractivity (Wildman–Crippen MR) is 205 cm³/mol. The number of carbonyl (C=O) groups excluding carboxylic acids is 3. The molecule has 0 aromatic heterocycles. The molecule has 276 valence electrons. The van der Waals surface area contributed by atoms with Crippen LogP contribution in [0.15, 0.2) is 85.1 Å². The average Bonchev–Trinajstić information content (AvgIpc) is 3.10. The number of hydrogen-bond acceptors (Lipinski definition) is 6. The Kier molecular flexibility index (Phi) is 34.8. The van der Waals surface area contributed by atoms with E-state index in [0.29, 0.717) is 12.8 Å². The predicted octanol–water partition coefficient (Wildman–Crippen LogP) is 11.7. The standard InChI is InChI=1S/C43H68O6/c1-4-7-10-13-16-19-20-21-22-25-27-30-33-36-42(45)48-39-40(49-43(46)37-34-31-28-24-18-15-12-9-6-3)38-47-41(44)35-32-29-26-23-17-14-11-8-5-2/h7,9-10,12-13,16,18-20,23-24,26,31,34,40H,4-6,8,11,14-15,17,21-22,25,27-30,32-33,35-39H2,1-3H3/b10-7-,12-9-,16-13-,20-19-,24-18-,26-23-,34-31-.